The number of allylic oxidation sites excluding steroid dienone is 2. The molecule has 5 nitrogen and oxygen atoms in total. The van der Waals surface area contributed by atoms with Crippen molar-refractivity contribution in [3.05, 3.63) is 24.7 Å². The molecule has 1 heterocycles. The van der Waals surface area contributed by atoms with Gasteiger partial charge in [-0.25, -0.2) is 13.4 Å². The maximum atomic E-state index is 12.7. The van der Waals surface area contributed by atoms with Crippen LogP contribution in [0.4, 0.5) is 0 Å². The van der Waals surface area contributed by atoms with Crippen molar-refractivity contribution in [2.75, 3.05) is 6.54 Å². The molecule has 1 aromatic rings. The van der Waals surface area contributed by atoms with E-state index >= 15 is 0 Å². The van der Waals surface area contributed by atoms with Gasteiger partial charge in [-0.15, -0.1) is 0 Å². The van der Waals surface area contributed by atoms with Crippen LogP contribution in [-0.4, -0.2) is 35.3 Å². The zero-order valence-corrected chi connectivity index (χ0v) is 12.7. The molecule has 2 bridgehead atoms. The number of hydrogen-bond donors (Lipinski definition) is 1. The Morgan fingerprint density at radius 2 is 2.20 bits per heavy atom. The largest absolute Gasteiger partial charge is 0.335 e. The molecular formula is C14H21N3O2S. The monoisotopic (exact) mass is 295 g/mol. The van der Waals surface area contributed by atoms with Crippen molar-refractivity contribution in [2.24, 2.45) is 17.8 Å². The number of aromatic nitrogens is 2. The minimum Gasteiger partial charge on any atom is -0.335 e. The maximum absolute atomic E-state index is 12.7. The first-order valence-electron chi connectivity index (χ1n) is 7.17. The van der Waals surface area contributed by atoms with Gasteiger partial charge in [-0.3, -0.25) is 0 Å². The number of aromatic amines is 1. The summed E-state index contributed by atoms with van der Waals surface area (Å²) in [5, 5.41) is 0.185. The van der Waals surface area contributed by atoms with Crippen LogP contribution in [0.5, 0.6) is 0 Å². The molecule has 1 N–H and O–H groups in total. The van der Waals surface area contributed by atoms with Gasteiger partial charge in [-0.2, -0.15) is 4.31 Å². The number of rotatable bonds is 5. The molecule has 0 saturated heterocycles. The average molecular weight is 295 g/mol. The van der Waals surface area contributed by atoms with Gasteiger partial charge in [0, 0.05) is 12.6 Å². The standard InChI is InChI=1S/C14H21N3O2S/c1-10(2)17(20(18,19)14-7-15-9-16-14)8-13-6-11-3-4-12(13)5-11/h3-4,7,9-13H,5-6,8H2,1-2H3,(H,15,16)/t11-,12-,13+/m0/s1. The molecule has 1 saturated carbocycles. The second-order valence-corrected chi connectivity index (χ2v) is 7.98. The molecule has 2 aliphatic carbocycles. The van der Waals surface area contributed by atoms with E-state index in [2.05, 4.69) is 22.1 Å². The van der Waals surface area contributed by atoms with Gasteiger partial charge in [0.1, 0.15) is 0 Å². The number of H-pyrrole nitrogens is 1. The van der Waals surface area contributed by atoms with Crippen molar-refractivity contribution in [2.45, 2.75) is 37.8 Å². The van der Waals surface area contributed by atoms with Gasteiger partial charge >= 0.3 is 0 Å². The third-order valence-corrected chi connectivity index (χ3v) is 6.43. The average Bonchev–Trinajstić information content (AvgIpc) is 3.11. The predicted octanol–water partition coefficient (Wildman–Crippen LogP) is 2.02. The van der Waals surface area contributed by atoms with Crippen molar-refractivity contribution < 1.29 is 8.42 Å². The molecule has 0 spiro atoms. The molecule has 1 aromatic heterocycles. The van der Waals surface area contributed by atoms with E-state index < -0.39 is 10.0 Å². The summed E-state index contributed by atoms with van der Waals surface area (Å²) in [6, 6.07) is -0.0496. The van der Waals surface area contributed by atoms with E-state index in [-0.39, 0.29) is 11.1 Å². The van der Waals surface area contributed by atoms with Crippen LogP contribution in [0.25, 0.3) is 0 Å². The fraction of sp³-hybridized carbons (Fsp3) is 0.643. The summed E-state index contributed by atoms with van der Waals surface area (Å²) in [5.41, 5.74) is 0. The highest BCUT2D eigenvalue weighted by Gasteiger charge is 2.39. The van der Waals surface area contributed by atoms with Crippen LogP contribution in [0.2, 0.25) is 0 Å². The van der Waals surface area contributed by atoms with Crippen molar-refractivity contribution in [1.82, 2.24) is 14.3 Å². The van der Waals surface area contributed by atoms with Crippen LogP contribution in [0.3, 0.4) is 0 Å². The number of fused-ring (bicyclic) bond motifs is 2. The third-order valence-electron chi connectivity index (χ3n) is 4.47. The topological polar surface area (TPSA) is 66.1 Å². The van der Waals surface area contributed by atoms with E-state index in [4.69, 9.17) is 0 Å². The molecule has 1 fully saturated rings. The van der Waals surface area contributed by atoms with Crippen LogP contribution in [0.1, 0.15) is 26.7 Å². The lowest BCUT2D eigenvalue weighted by molar-refractivity contribution is 0.276. The molecule has 0 unspecified atom stereocenters. The summed E-state index contributed by atoms with van der Waals surface area (Å²) in [6.07, 6.45) is 9.64. The van der Waals surface area contributed by atoms with Gasteiger partial charge < -0.3 is 4.98 Å². The summed E-state index contributed by atoms with van der Waals surface area (Å²) in [5.74, 6) is 1.66. The Hall–Kier alpha value is -1.14. The normalized spacial score (nSPS) is 28.9. The van der Waals surface area contributed by atoms with Gasteiger partial charge in [-0.05, 0) is 44.4 Å². The SMILES string of the molecule is CC(C)N(C[C@H]1C[C@H]2C=C[C@H]1C2)S(=O)(=O)c1cnc[nH]1. The summed E-state index contributed by atoms with van der Waals surface area (Å²) in [7, 11) is -3.47. The Morgan fingerprint density at radius 1 is 1.40 bits per heavy atom. The Balaban J connectivity index is 1.81. The fourth-order valence-corrected chi connectivity index (χ4v) is 5.02. The van der Waals surface area contributed by atoms with Crippen LogP contribution in [-0.2, 0) is 10.0 Å². The van der Waals surface area contributed by atoms with E-state index in [1.54, 1.807) is 4.31 Å². The Kier molecular flexibility index (Phi) is 3.46. The van der Waals surface area contributed by atoms with Gasteiger partial charge in [0.2, 0.25) is 0 Å². The number of hydrogen-bond acceptors (Lipinski definition) is 3. The van der Waals surface area contributed by atoms with Gasteiger partial charge in [0.05, 0.1) is 12.5 Å². The summed E-state index contributed by atoms with van der Waals surface area (Å²) >= 11 is 0. The van der Waals surface area contributed by atoms with Crippen LogP contribution in [0, 0.1) is 17.8 Å². The van der Waals surface area contributed by atoms with Crippen molar-refractivity contribution in [3.8, 4) is 0 Å². The van der Waals surface area contributed by atoms with Crippen molar-refractivity contribution >= 4 is 10.0 Å². The lowest BCUT2D eigenvalue weighted by Crippen LogP contribution is -2.41. The summed E-state index contributed by atoms with van der Waals surface area (Å²) in [6.45, 7) is 4.46. The molecule has 6 heteroatoms. The van der Waals surface area contributed by atoms with E-state index in [0.717, 1.165) is 6.42 Å². The highest BCUT2D eigenvalue weighted by molar-refractivity contribution is 7.89. The fourth-order valence-electron chi connectivity index (χ4n) is 3.43. The van der Waals surface area contributed by atoms with E-state index in [1.807, 2.05) is 13.8 Å². The lowest BCUT2D eigenvalue weighted by atomic mass is 9.93. The van der Waals surface area contributed by atoms with Gasteiger partial charge in [0.15, 0.2) is 5.03 Å². The number of sulfonamides is 1. The number of nitrogens with zero attached hydrogens (tertiary/aromatic N) is 2. The van der Waals surface area contributed by atoms with E-state index in [0.29, 0.717) is 24.3 Å². The minimum atomic E-state index is -3.47. The van der Waals surface area contributed by atoms with E-state index in [9.17, 15) is 8.42 Å². The Morgan fingerprint density at radius 3 is 2.70 bits per heavy atom. The highest BCUT2D eigenvalue weighted by Crippen LogP contribution is 2.44. The zero-order valence-electron chi connectivity index (χ0n) is 11.9. The summed E-state index contributed by atoms with van der Waals surface area (Å²) in [4.78, 5) is 6.54. The predicted molar refractivity (Wildman–Crippen MR) is 76.5 cm³/mol. The minimum absolute atomic E-state index is 0.0496. The van der Waals surface area contributed by atoms with E-state index in [1.165, 1.54) is 18.9 Å². The molecule has 20 heavy (non-hydrogen) atoms. The molecule has 0 aliphatic heterocycles. The first-order valence-corrected chi connectivity index (χ1v) is 8.61. The number of nitrogens with one attached hydrogen (secondary N) is 1. The second kappa shape index (κ2) is 5.00. The molecule has 2 aliphatic rings. The lowest BCUT2D eigenvalue weighted by Gasteiger charge is -2.30. The molecule has 110 valence electrons. The van der Waals surface area contributed by atoms with Crippen molar-refractivity contribution in [1.29, 1.82) is 0 Å². The maximum Gasteiger partial charge on any atom is 0.260 e. The molecular weight excluding hydrogens is 274 g/mol. The van der Waals surface area contributed by atoms with Crippen LogP contribution >= 0.6 is 0 Å². The second-order valence-electron chi connectivity index (χ2n) is 6.12. The van der Waals surface area contributed by atoms with Crippen LogP contribution < -0.4 is 0 Å². The first-order chi connectivity index (χ1) is 9.48. The molecule has 0 aromatic carbocycles. The quantitative estimate of drug-likeness (QED) is 0.845. The van der Waals surface area contributed by atoms with Crippen molar-refractivity contribution in [3.63, 3.8) is 0 Å². The third kappa shape index (κ3) is 2.31. The smallest absolute Gasteiger partial charge is 0.260 e. The molecule has 3 atom stereocenters. The molecule has 0 amide bonds. The summed E-state index contributed by atoms with van der Waals surface area (Å²) < 4.78 is 26.9. The van der Waals surface area contributed by atoms with Crippen LogP contribution in [0.15, 0.2) is 29.7 Å². The zero-order chi connectivity index (χ0) is 14.3. The molecule has 0 radical (unpaired) electrons. The number of imidazole rings is 1. The Labute approximate surface area is 120 Å². The van der Waals surface area contributed by atoms with Gasteiger partial charge in [0.25, 0.3) is 10.0 Å². The first kappa shape index (κ1) is 13.8. The molecule has 3 rings (SSSR count). The Bertz CT molecular complexity index is 592. The highest BCUT2D eigenvalue weighted by atomic mass is 32.2. The van der Waals surface area contributed by atoms with Gasteiger partial charge in [-0.1, -0.05) is 12.2 Å².